The van der Waals surface area contributed by atoms with Crippen LogP contribution in [0.15, 0.2) is 0 Å². The fourth-order valence-corrected chi connectivity index (χ4v) is 2.17. The summed E-state index contributed by atoms with van der Waals surface area (Å²) in [6.07, 6.45) is 2.71. The Hall–Kier alpha value is -1.03. The number of anilines is 1. The van der Waals surface area contributed by atoms with Crippen LogP contribution in [-0.4, -0.2) is 34.3 Å². The van der Waals surface area contributed by atoms with Gasteiger partial charge < -0.3 is 5.32 Å². The Balaban J connectivity index is 2.16. The minimum absolute atomic E-state index is 0.800. The maximum atomic E-state index is 4.49. The van der Waals surface area contributed by atoms with Crippen molar-refractivity contribution in [2.45, 2.75) is 39.3 Å². The third kappa shape index (κ3) is 2.21. The minimum Gasteiger partial charge on any atom is -0.370 e. The zero-order chi connectivity index (χ0) is 11.7. The van der Waals surface area contributed by atoms with Crippen molar-refractivity contribution in [3.63, 3.8) is 0 Å². The Kier molecular flexibility index (Phi) is 3.19. The van der Waals surface area contributed by atoms with Crippen molar-refractivity contribution in [2.24, 2.45) is 7.05 Å². The Morgan fingerprint density at radius 3 is 2.75 bits per heavy atom. The van der Waals surface area contributed by atoms with Crippen LogP contribution in [0.5, 0.6) is 0 Å². The summed E-state index contributed by atoms with van der Waals surface area (Å²) in [6.45, 7) is 6.17. The number of aromatic nitrogens is 2. The van der Waals surface area contributed by atoms with Gasteiger partial charge in [0.2, 0.25) is 0 Å². The van der Waals surface area contributed by atoms with Crippen LogP contribution < -0.4 is 5.32 Å². The van der Waals surface area contributed by atoms with Crippen LogP contribution in [0.25, 0.3) is 0 Å². The van der Waals surface area contributed by atoms with Gasteiger partial charge in [0.05, 0.1) is 5.69 Å². The third-order valence-corrected chi connectivity index (χ3v) is 3.27. The van der Waals surface area contributed by atoms with E-state index in [1.54, 1.807) is 0 Å². The zero-order valence-corrected chi connectivity index (χ0v) is 10.7. The molecule has 1 fully saturated rings. The molecule has 4 nitrogen and oxygen atoms in total. The Labute approximate surface area is 97.6 Å². The van der Waals surface area contributed by atoms with Gasteiger partial charge in [-0.2, -0.15) is 5.10 Å². The monoisotopic (exact) mass is 222 g/mol. The van der Waals surface area contributed by atoms with Crippen molar-refractivity contribution in [3.05, 3.63) is 11.3 Å². The molecule has 0 radical (unpaired) electrons. The fraction of sp³-hybridized carbons (Fsp3) is 0.750. The maximum Gasteiger partial charge on any atom is 0.128 e. The molecule has 1 aromatic rings. The van der Waals surface area contributed by atoms with Crippen LogP contribution in [0.1, 0.15) is 31.0 Å². The molecule has 1 heterocycles. The first-order valence-electron chi connectivity index (χ1n) is 6.10. The molecule has 0 unspecified atom stereocenters. The Morgan fingerprint density at radius 1 is 1.50 bits per heavy atom. The van der Waals surface area contributed by atoms with Crippen molar-refractivity contribution < 1.29 is 0 Å². The smallest absolute Gasteiger partial charge is 0.128 e. The Morgan fingerprint density at radius 2 is 2.19 bits per heavy atom. The third-order valence-electron chi connectivity index (χ3n) is 3.27. The molecule has 0 aromatic carbocycles. The van der Waals surface area contributed by atoms with Gasteiger partial charge in [0, 0.05) is 31.7 Å². The van der Waals surface area contributed by atoms with E-state index in [0.29, 0.717) is 0 Å². The topological polar surface area (TPSA) is 33.1 Å². The van der Waals surface area contributed by atoms with Gasteiger partial charge in [-0.05, 0) is 33.7 Å². The normalized spacial score (nSPS) is 15.8. The molecule has 4 heteroatoms. The van der Waals surface area contributed by atoms with Crippen LogP contribution in [0.3, 0.4) is 0 Å². The van der Waals surface area contributed by atoms with Gasteiger partial charge in [0.1, 0.15) is 5.82 Å². The largest absolute Gasteiger partial charge is 0.370 e. The summed E-state index contributed by atoms with van der Waals surface area (Å²) in [7, 11) is 4.21. The summed E-state index contributed by atoms with van der Waals surface area (Å²) in [5, 5.41) is 7.89. The van der Waals surface area contributed by atoms with Crippen molar-refractivity contribution >= 4 is 5.82 Å². The van der Waals surface area contributed by atoms with Crippen LogP contribution in [0.4, 0.5) is 5.82 Å². The molecule has 1 saturated carbocycles. The van der Waals surface area contributed by atoms with Crippen LogP contribution in [0, 0.1) is 6.92 Å². The average Bonchev–Trinajstić information content (AvgIpc) is 3.02. The lowest BCUT2D eigenvalue weighted by molar-refractivity contribution is 0.316. The van der Waals surface area contributed by atoms with E-state index in [1.165, 1.54) is 24.2 Å². The summed E-state index contributed by atoms with van der Waals surface area (Å²) in [5.74, 6) is 1.17. The molecule has 0 saturated heterocycles. The van der Waals surface area contributed by atoms with Gasteiger partial charge in [-0.3, -0.25) is 9.58 Å². The minimum atomic E-state index is 0.800. The standard InChI is InChI=1S/C12H22N4/c1-5-13-12-11(9(2)14-16(12)4)8-15(3)10-6-7-10/h10,13H,5-8H2,1-4H3. The molecule has 0 amide bonds. The van der Waals surface area contributed by atoms with E-state index < -0.39 is 0 Å². The van der Waals surface area contributed by atoms with Crippen molar-refractivity contribution in [3.8, 4) is 0 Å². The zero-order valence-electron chi connectivity index (χ0n) is 10.7. The Bertz CT molecular complexity index is 365. The van der Waals surface area contributed by atoms with Crippen molar-refractivity contribution in [2.75, 3.05) is 18.9 Å². The molecule has 16 heavy (non-hydrogen) atoms. The van der Waals surface area contributed by atoms with Crippen LogP contribution in [0.2, 0.25) is 0 Å². The second kappa shape index (κ2) is 4.45. The molecule has 90 valence electrons. The summed E-state index contributed by atoms with van der Waals surface area (Å²) >= 11 is 0. The lowest BCUT2D eigenvalue weighted by atomic mass is 10.2. The summed E-state index contributed by atoms with van der Waals surface area (Å²) < 4.78 is 1.95. The number of hydrogen-bond donors (Lipinski definition) is 1. The predicted octanol–water partition coefficient (Wildman–Crippen LogP) is 1.75. The van der Waals surface area contributed by atoms with E-state index in [2.05, 4.69) is 36.2 Å². The lowest BCUT2D eigenvalue weighted by Crippen LogP contribution is -2.21. The second-order valence-corrected chi connectivity index (χ2v) is 4.71. The molecule has 0 spiro atoms. The number of nitrogens with one attached hydrogen (secondary N) is 1. The van der Waals surface area contributed by atoms with E-state index >= 15 is 0 Å². The van der Waals surface area contributed by atoms with E-state index in [4.69, 9.17) is 0 Å². The molecule has 1 aliphatic rings. The van der Waals surface area contributed by atoms with Gasteiger partial charge in [-0.25, -0.2) is 0 Å². The molecular weight excluding hydrogens is 200 g/mol. The molecule has 2 rings (SSSR count). The SMILES string of the molecule is CCNc1c(CN(C)C2CC2)c(C)nn1C. The second-order valence-electron chi connectivity index (χ2n) is 4.71. The fourth-order valence-electron chi connectivity index (χ4n) is 2.17. The first-order valence-corrected chi connectivity index (χ1v) is 6.10. The van der Waals surface area contributed by atoms with E-state index in [0.717, 1.165) is 24.8 Å². The molecule has 0 bridgehead atoms. The first-order chi connectivity index (χ1) is 7.63. The molecular formula is C12H22N4. The number of rotatable bonds is 5. The molecule has 0 aliphatic heterocycles. The van der Waals surface area contributed by atoms with E-state index in [1.807, 2.05) is 11.7 Å². The van der Waals surface area contributed by atoms with Crippen LogP contribution >= 0.6 is 0 Å². The average molecular weight is 222 g/mol. The number of aryl methyl sites for hydroxylation is 2. The van der Waals surface area contributed by atoms with E-state index in [9.17, 15) is 0 Å². The highest BCUT2D eigenvalue weighted by atomic mass is 15.3. The maximum absolute atomic E-state index is 4.49. The van der Waals surface area contributed by atoms with Crippen LogP contribution in [-0.2, 0) is 13.6 Å². The van der Waals surface area contributed by atoms with Gasteiger partial charge in [0.25, 0.3) is 0 Å². The molecule has 0 atom stereocenters. The highest BCUT2D eigenvalue weighted by molar-refractivity contribution is 5.47. The van der Waals surface area contributed by atoms with Crippen molar-refractivity contribution in [1.29, 1.82) is 0 Å². The van der Waals surface area contributed by atoms with Gasteiger partial charge >= 0.3 is 0 Å². The number of nitrogens with zero attached hydrogens (tertiary/aromatic N) is 3. The molecule has 1 aromatic heterocycles. The quantitative estimate of drug-likeness (QED) is 0.824. The highest BCUT2D eigenvalue weighted by Gasteiger charge is 2.27. The summed E-state index contributed by atoms with van der Waals surface area (Å²) in [5.41, 5.74) is 2.49. The van der Waals surface area contributed by atoms with Gasteiger partial charge in [0.15, 0.2) is 0 Å². The number of hydrogen-bond acceptors (Lipinski definition) is 3. The van der Waals surface area contributed by atoms with Gasteiger partial charge in [-0.1, -0.05) is 0 Å². The van der Waals surface area contributed by atoms with Crippen molar-refractivity contribution in [1.82, 2.24) is 14.7 Å². The first kappa shape index (κ1) is 11.5. The van der Waals surface area contributed by atoms with Gasteiger partial charge in [-0.15, -0.1) is 0 Å². The highest BCUT2D eigenvalue weighted by Crippen LogP contribution is 2.29. The lowest BCUT2D eigenvalue weighted by Gasteiger charge is -2.16. The van der Waals surface area contributed by atoms with E-state index in [-0.39, 0.29) is 0 Å². The summed E-state index contributed by atoms with van der Waals surface area (Å²) in [6, 6.07) is 0.800. The summed E-state index contributed by atoms with van der Waals surface area (Å²) in [4.78, 5) is 2.44. The molecule has 1 N–H and O–H groups in total. The molecule has 1 aliphatic carbocycles. The predicted molar refractivity (Wildman–Crippen MR) is 66.6 cm³/mol.